The Bertz CT molecular complexity index is 284. The van der Waals surface area contributed by atoms with E-state index in [9.17, 15) is 14.4 Å². The van der Waals surface area contributed by atoms with Crippen molar-refractivity contribution in [3.8, 4) is 0 Å². The van der Waals surface area contributed by atoms with E-state index in [2.05, 4.69) is 0 Å². The molecule has 0 spiro atoms. The van der Waals surface area contributed by atoms with Crippen molar-refractivity contribution < 1.29 is 73.5 Å². The molecule has 2 atom stereocenters. The SMILES string of the molecule is CC1C=CC=CC1(C)P(=O)([O-])[O-].[Na+].[Na+]. The minimum absolute atomic E-state index is 0. The van der Waals surface area contributed by atoms with Crippen LogP contribution in [0.4, 0.5) is 0 Å². The molecule has 2 unspecified atom stereocenters. The van der Waals surface area contributed by atoms with Crippen molar-refractivity contribution in [1.29, 1.82) is 0 Å². The summed E-state index contributed by atoms with van der Waals surface area (Å²) in [5, 5.41) is -1.25. The zero-order valence-electron chi connectivity index (χ0n) is 9.06. The van der Waals surface area contributed by atoms with Crippen molar-refractivity contribution in [3.05, 3.63) is 24.3 Å². The quantitative estimate of drug-likeness (QED) is 0.334. The fourth-order valence-corrected chi connectivity index (χ4v) is 2.02. The molecular formula is C8H11Na2O3P. The third kappa shape index (κ3) is 3.58. The third-order valence-electron chi connectivity index (χ3n) is 2.46. The van der Waals surface area contributed by atoms with Crippen LogP contribution < -0.4 is 68.9 Å². The maximum absolute atomic E-state index is 10.9. The zero-order chi connectivity index (χ0) is 9.41. The van der Waals surface area contributed by atoms with Crippen LogP contribution in [-0.4, -0.2) is 5.16 Å². The molecule has 14 heavy (non-hydrogen) atoms. The minimum Gasteiger partial charge on any atom is -0.810 e. The van der Waals surface area contributed by atoms with E-state index in [0.717, 1.165) is 0 Å². The summed E-state index contributed by atoms with van der Waals surface area (Å²) in [5.74, 6) is -0.247. The normalized spacial score (nSPS) is 30.4. The molecule has 68 valence electrons. The molecule has 0 aromatic rings. The molecule has 6 heteroatoms. The molecule has 0 bridgehead atoms. The van der Waals surface area contributed by atoms with Gasteiger partial charge in [0.25, 0.3) is 0 Å². The molecule has 1 rings (SSSR count). The predicted molar refractivity (Wildman–Crippen MR) is 43.5 cm³/mol. The van der Waals surface area contributed by atoms with E-state index in [4.69, 9.17) is 0 Å². The predicted octanol–water partition coefficient (Wildman–Crippen LogP) is -5.57. The summed E-state index contributed by atoms with van der Waals surface area (Å²) in [6.45, 7) is 3.18. The van der Waals surface area contributed by atoms with Gasteiger partial charge in [0, 0.05) is 5.16 Å². The first-order chi connectivity index (χ1) is 5.38. The second-order valence-corrected chi connectivity index (χ2v) is 5.21. The Kier molecular flexibility index (Phi) is 8.21. The van der Waals surface area contributed by atoms with Gasteiger partial charge < -0.3 is 14.4 Å². The van der Waals surface area contributed by atoms with E-state index in [1.807, 2.05) is 0 Å². The summed E-state index contributed by atoms with van der Waals surface area (Å²) in [6.07, 6.45) is 6.53. The topological polar surface area (TPSA) is 63.2 Å². The van der Waals surface area contributed by atoms with Gasteiger partial charge in [-0.3, -0.25) is 0 Å². The molecule has 0 aliphatic heterocycles. The van der Waals surface area contributed by atoms with Crippen LogP contribution in [0.15, 0.2) is 24.3 Å². The molecule has 1 aliphatic carbocycles. The molecular weight excluding hydrogens is 221 g/mol. The summed E-state index contributed by atoms with van der Waals surface area (Å²) in [6, 6.07) is 0. The first kappa shape index (κ1) is 18.0. The first-order valence-electron chi connectivity index (χ1n) is 3.76. The fraction of sp³-hybridized carbons (Fsp3) is 0.500. The molecule has 1 aliphatic rings. The Morgan fingerprint density at radius 2 is 1.79 bits per heavy atom. The van der Waals surface area contributed by atoms with E-state index in [1.54, 1.807) is 25.2 Å². The number of hydrogen-bond donors (Lipinski definition) is 0. The number of allylic oxidation sites excluding steroid dienone is 4. The molecule has 0 heterocycles. The van der Waals surface area contributed by atoms with Crippen molar-refractivity contribution in [2.24, 2.45) is 5.92 Å². The minimum atomic E-state index is -4.55. The summed E-state index contributed by atoms with van der Waals surface area (Å²) in [7, 11) is -4.55. The van der Waals surface area contributed by atoms with Crippen LogP contribution in [0.3, 0.4) is 0 Å². The van der Waals surface area contributed by atoms with Crippen LogP contribution in [0.2, 0.25) is 0 Å². The molecule has 0 amide bonds. The molecule has 0 N–H and O–H groups in total. The van der Waals surface area contributed by atoms with Crippen LogP contribution >= 0.6 is 7.60 Å². The van der Waals surface area contributed by atoms with Gasteiger partial charge in [0.2, 0.25) is 0 Å². The Balaban J connectivity index is 0. The molecule has 0 aromatic carbocycles. The summed E-state index contributed by atoms with van der Waals surface area (Å²) < 4.78 is 10.9. The van der Waals surface area contributed by atoms with Crippen molar-refractivity contribution >= 4 is 7.60 Å². The van der Waals surface area contributed by atoms with Gasteiger partial charge >= 0.3 is 59.1 Å². The van der Waals surface area contributed by atoms with Crippen molar-refractivity contribution in [1.82, 2.24) is 0 Å². The number of hydrogen-bond acceptors (Lipinski definition) is 3. The average molecular weight is 232 g/mol. The molecule has 0 saturated heterocycles. The second kappa shape index (κ2) is 6.39. The van der Waals surface area contributed by atoms with Crippen LogP contribution in [0.5, 0.6) is 0 Å². The average Bonchev–Trinajstić information content (AvgIpc) is 1.93. The first-order valence-corrected chi connectivity index (χ1v) is 5.30. The molecule has 0 saturated carbocycles. The summed E-state index contributed by atoms with van der Waals surface area (Å²) >= 11 is 0. The third-order valence-corrected chi connectivity index (χ3v) is 4.19. The van der Waals surface area contributed by atoms with Crippen LogP contribution in [0, 0.1) is 5.92 Å². The van der Waals surface area contributed by atoms with Gasteiger partial charge in [-0.25, -0.2) is 0 Å². The Hall–Kier alpha value is 1.63. The van der Waals surface area contributed by atoms with Crippen molar-refractivity contribution in [2.75, 3.05) is 0 Å². The molecule has 0 aromatic heterocycles. The largest absolute Gasteiger partial charge is 1.00 e. The summed E-state index contributed by atoms with van der Waals surface area (Å²) in [5.41, 5.74) is 0. The van der Waals surface area contributed by atoms with Gasteiger partial charge in [-0.15, -0.1) is 0 Å². The van der Waals surface area contributed by atoms with Crippen LogP contribution in [0.25, 0.3) is 0 Å². The Labute approximate surface area is 129 Å². The van der Waals surface area contributed by atoms with Crippen LogP contribution in [0.1, 0.15) is 13.8 Å². The van der Waals surface area contributed by atoms with E-state index in [1.165, 1.54) is 13.0 Å². The van der Waals surface area contributed by atoms with Gasteiger partial charge in [0.05, 0.1) is 0 Å². The number of rotatable bonds is 1. The molecule has 3 nitrogen and oxygen atoms in total. The monoisotopic (exact) mass is 232 g/mol. The summed E-state index contributed by atoms with van der Waals surface area (Å²) in [4.78, 5) is 21.8. The molecule has 0 radical (unpaired) electrons. The van der Waals surface area contributed by atoms with Gasteiger partial charge in [0.1, 0.15) is 0 Å². The van der Waals surface area contributed by atoms with Gasteiger partial charge in [0.15, 0.2) is 0 Å². The fourth-order valence-electron chi connectivity index (χ4n) is 1.17. The van der Waals surface area contributed by atoms with Gasteiger partial charge in [-0.1, -0.05) is 45.7 Å². The van der Waals surface area contributed by atoms with Crippen molar-refractivity contribution in [3.63, 3.8) is 0 Å². The van der Waals surface area contributed by atoms with Gasteiger partial charge in [-0.2, -0.15) is 0 Å². The smallest absolute Gasteiger partial charge is 0.810 e. The van der Waals surface area contributed by atoms with Crippen molar-refractivity contribution in [2.45, 2.75) is 19.0 Å². The standard InChI is InChI=1S/C8H13O3P.2Na/c1-7-5-3-4-6-8(7,2)12(9,10)11;;/h3-7H,1-2H3,(H2,9,10,11);;/q;2*+1/p-2. The van der Waals surface area contributed by atoms with E-state index in [-0.39, 0.29) is 65.0 Å². The van der Waals surface area contributed by atoms with Crippen LogP contribution in [-0.2, 0) is 4.57 Å². The van der Waals surface area contributed by atoms with E-state index < -0.39 is 12.8 Å². The van der Waals surface area contributed by atoms with Gasteiger partial charge in [-0.05, 0) is 5.92 Å². The Morgan fingerprint density at radius 3 is 2.07 bits per heavy atom. The molecule has 0 fully saturated rings. The second-order valence-electron chi connectivity index (χ2n) is 3.26. The Morgan fingerprint density at radius 1 is 1.29 bits per heavy atom. The maximum atomic E-state index is 10.9. The van der Waals surface area contributed by atoms with E-state index >= 15 is 0 Å². The van der Waals surface area contributed by atoms with E-state index in [0.29, 0.717) is 0 Å². The maximum Gasteiger partial charge on any atom is 1.00 e. The zero-order valence-corrected chi connectivity index (χ0v) is 14.0.